The van der Waals surface area contributed by atoms with Crippen LogP contribution >= 0.6 is 11.6 Å². The Bertz CT molecular complexity index is 639. The molecule has 0 aliphatic carbocycles. The molecule has 2 aromatic rings. The number of rotatable bonds is 1. The first-order valence-corrected chi connectivity index (χ1v) is 5.87. The first-order chi connectivity index (χ1) is 8.75. The molecule has 0 radical (unpaired) electrons. The molecule has 0 fully saturated rings. The molecule has 90 valence electrons. The molecule has 18 heavy (non-hydrogen) atoms. The second-order valence-electron chi connectivity index (χ2n) is 4.00. The van der Waals surface area contributed by atoms with E-state index in [-0.39, 0.29) is 5.02 Å². The molecule has 0 N–H and O–H groups in total. The summed E-state index contributed by atoms with van der Waals surface area (Å²) in [5.41, 5.74) is 3.47. The van der Waals surface area contributed by atoms with Crippen molar-refractivity contribution in [2.24, 2.45) is 5.16 Å². The Morgan fingerprint density at radius 2 is 2.00 bits per heavy atom. The van der Waals surface area contributed by atoms with Crippen LogP contribution in [0.25, 0.3) is 0 Å². The SMILES string of the molecule is Fc1ccc(C2=NOCc3ccccc32)cc1Cl. The fourth-order valence-corrected chi connectivity index (χ4v) is 2.12. The predicted octanol–water partition coefficient (Wildman–Crippen LogP) is 3.76. The molecule has 0 saturated heterocycles. The lowest BCUT2D eigenvalue weighted by atomic mass is 9.97. The highest BCUT2D eigenvalue weighted by Gasteiger charge is 2.17. The summed E-state index contributed by atoms with van der Waals surface area (Å²) in [4.78, 5) is 5.18. The minimum Gasteiger partial charge on any atom is -0.390 e. The molecule has 0 aromatic heterocycles. The molecule has 1 aliphatic rings. The zero-order chi connectivity index (χ0) is 12.5. The third kappa shape index (κ3) is 1.87. The first-order valence-electron chi connectivity index (χ1n) is 5.49. The van der Waals surface area contributed by atoms with Crippen LogP contribution in [-0.4, -0.2) is 5.71 Å². The number of hydrogen-bond donors (Lipinski definition) is 0. The topological polar surface area (TPSA) is 21.6 Å². The van der Waals surface area contributed by atoms with Crippen molar-refractivity contribution in [2.45, 2.75) is 6.61 Å². The average molecular weight is 262 g/mol. The van der Waals surface area contributed by atoms with Crippen LogP contribution in [0.2, 0.25) is 5.02 Å². The molecular formula is C14H9ClFNO. The van der Waals surface area contributed by atoms with E-state index in [0.717, 1.165) is 16.7 Å². The van der Waals surface area contributed by atoms with E-state index in [1.54, 1.807) is 12.1 Å². The van der Waals surface area contributed by atoms with E-state index < -0.39 is 5.82 Å². The Balaban J connectivity index is 2.12. The zero-order valence-electron chi connectivity index (χ0n) is 9.36. The number of nitrogens with zero attached hydrogens (tertiary/aromatic N) is 1. The Labute approximate surface area is 109 Å². The summed E-state index contributed by atoms with van der Waals surface area (Å²) in [6, 6.07) is 12.4. The molecule has 2 nitrogen and oxygen atoms in total. The Morgan fingerprint density at radius 1 is 1.17 bits per heavy atom. The number of benzene rings is 2. The van der Waals surface area contributed by atoms with Gasteiger partial charge in [-0.3, -0.25) is 0 Å². The summed E-state index contributed by atoms with van der Waals surface area (Å²) >= 11 is 5.79. The van der Waals surface area contributed by atoms with E-state index in [0.29, 0.717) is 12.3 Å². The number of halogens is 2. The molecule has 0 unspecified atom stereocenters. The van der Waals surface area contributed by atoms with Crippen molar-refractivity contribution in [1.29, 1.82) is 0 Å². The van der Waals surface area contributed by atoms with E-state index in [2.05, 4.69) is 5.16 Å². The van der Waals surface area contributed by atoms with Crippen LogP contribution in [0.1, 0.15) is 16.7 Å². The third-order valence-corrected chi connectivity index (χ3v) is 3.13. The van der Waals surface area contributed by atoms with E-state index >= 15 is 0 Å². The van der Waals surface area contributed by atoms with Crippen molar-refractivity contribution < 1.29 is 9.23 Å². The van der Waals surface area contributed by atoms with Gasteiger partial charge in [0.25, 0.3) is 0 Å². The van der Waals surface area contributed by atoms with Gasteiger partial charge >= 0.3 is 0 Å². The van der Waals surface area contributed by atoms with E-state index in [9.17, 15) is 4.39 Å². The maximum atomic E-state index is 13.2. The molecular weight excluding hydrogens is 253 g/mol. The predicted molar refractivity (Wildman–Crippen MR) is 68.3 cm³/mol. The summed E-state index contributed by atoms with van der Waals surface area (Å²) in [6.45, 7) is 0.453. The maximum Gasteiger partial charge on any atom is 0.143 e. The molecule has 3 rings (SSSR count). The fraction of sp³-hybridized carbons (Fsp3) is 0.0714. The van der Waals surface area contributed by atoms with Gasteiger partial charge in [-0.15, -0.1) is 0 Å². The van der Waals surface area contributed by atoms with Crippen LogP contribution in [0, 0.1) is 5.82 Å². The van der Waals surface area contributed by atoms with Crippen LogP contribution < -0.4 is 0 Å². The number of hydrogen-bond acceptors (Lipinski definition) is 2. The van der Waals surface area contributed by atoms with Crippen LogP contribution in [0.3, 0.4) is 0 Å². The Morgan fingerprint density at radius 3 is 2.83 bits per heavy atom. The molecule has 0 saturated carbocycles. The van der Waals surface area contributed by atoms with Crippen molar-refractivity contribution in [2.75, 3.05) is 0 Å². The summed E-state index contributed by atoms with van der Waals surface area (Å²) in [5, 5.41) is 4.13. The van der Waals surface area contributed by atoms with Crippen LogP contribution in [0.5, 0.6) is 0 Å². The van der Waals surface area contributed by atoms with Gasteiger partial charge < -0.3 is 4.84 Å². The van der Waals surface area contributed by atoms with E-state index in [4.69, 9.17) is 16.4 Å². The smallest absolute Gasteiger partial charge is 0.143 e. The Kier molecular flexibility index (Phi) is 2.76. The molecule has 1 aliphatic heterocycles. The zero-order valence-corrected chi connectivity index (χ0v) is 10.1. The highest BCUT2D eigenvalue weighted by atomic mass is 35.5. The molecule has 0 spiro atoms. The lowest BCUT2D eigenvalue weighted by Crippen LogP contribution is -2.12. The minimum atomic E-state index is -0.439. The van der Waals surface area contributed by atoms with Gasteiger partial charge in [-0.2, -0.15) is 0 Å². The van der Waals surface area contributed by atoms with Gasteiger partial charge in [-0.1, -0.05) is 41.0 Å². The van der Waals surface area contributed by atoms with Crippen molar-refractivity contribution in [1.82, 2.24) is 0 Å². The van der Waals surface area contributed by atoms with Crippen molar-refractivity contribution in [3.8, 4) is 0 Å². The van der Waals surface area contributed by atoms with Crippen LogP contribution in [0.4, 0.5) is 4.39 Å². The van der Waals surface area contributed by atoms with Gasteiger partial charge in [-0.25, -0.2) is 4.39 Å². The van der Waals surface area contributed by atoms with Crippen LogP contribution in [-0.2, 0) is 11.4 Å². The normalized spacial score (nSPS) is 13.6. The molecule has 4 heteroatoms. The van der Waals surface area contributed by atoms with Gasteiger partial charge in [0.2, 0.25) is 0 Å². The molecule has 0 atom stereocenters. The van der Waals surface area contributed by atoms with Crippen molar-refractivity contribution in [3.05, 3.63) is 70.0 Å². The fourth-order valence-electron chi connectivity index (χ4n) is 1.94. The lowest BCUT2D eigenvalue weighted by molar-refractivity contribution is 0.126. The quantitative estimate of drug-likeness (QED) is 0.766. The second kappa shape index (κ2) is 4.42. The van der Waals surface area contributed by atoms with E-state index in [1.165, 1.54) is 6.07 Å². The summed E-state index contributed by atoms with van der Waals surface area (Å²) in [5.74, 6) is -0.439. The molecule has 1 heterocycles. The summed E-state index contributed by atoms with van der Waals surface area (Å²) in [7, 11) is 0. The lowest BCUT2D eigenvalue weighted by Gasteiger charge is -2.16. The highest BCUT2D eigenvalue weighted by Crippen LogP contribution is 2.23. The molecule has 0 bridgehead atoms. The van der Waals surface area contributed by atoms with Gasteiger partial charge in [0.1, 0.15) is 18.1 Å². The van der Waals surface area contributed by atoms with Crippen molar-refractivity contribution in [3.63, 3.8) is 0 Å². The monoisotopic (exact) mass is 261 g/mol. The van der Waals surface area contributed by atoms with Gasteiger partial charge in [0.15, 0.2) is 0 Å². The standard InChI is InChI=1S/C14H9ClFNO/c15-12-7-9(5-6-13(12)16)14-11-4-2-1-3-10(11)8-18-17-14/h1-7H,8H2. The molecule has 2 aromatic carbocycles. The summed E-state index contributed by atoms with van der Waals surface area (Å²) in [6.07, 6.45) is 0. The van der Waals surface area contributed by atoms with Gasteiger partial charge in [0.05, 0.1) is 5.02 Å². The van der Waals surface area contributed by atoms with E-state index in [1.807, 2.05) is 24.3 Å². The van der Waals surface area contributed by atoms with Gasteiger partial charge in [0, 0.05) is 16.7 Å². The first kappa shape index (κ1) is 11.2. The Hall–Kier alpha value is -1.87. The maximum absolute atomic E-state index is 13.2. The number of oxime groups is 1. The molecule has 0 amide bonds. The minimum absolute atomic E-state index is 0.0817. The van der Waals surface area contributed by atoms with Crippen LogP contribution in [0.15, 0.2) is 47.6 Å². The van der Waals surface area contributed by atoms with Crippen molar-refractivity contribution >= 4 is 17.3 Å². The van der Waals surface area contributed by atoms with Gasteiger partial charge in [-0.05, 0) is 18.2 Å². The summed E-state index contributed by atoms with van der Waals surface area (Å²) < 4.78 is 13.2. The average Bonchev–Trinajstić information content (AvgIpc) is 2.41. The largest absolute Gasteiger partial charge is 0.390 e. The third-order valence-electron chi connectivity index (χ3n) is 2.84. The second-order valence-corrected chi connectivity index (χ2v) is 4.41. The number of fused-ring (bicyclic) bond motifs is 1. The highest BCUT2D eigenvalue weighted by molar-refractivity contribution is 6.31.